The number of sulfonamides is 1. The van der Waals surface area contributed by atoms with Crippen LogP contribution in [0.15, 0.2) is 83.8 Å². The number of hydrogen-bond donors (Lipinski definition) is 3. The molecule has 0 radical (unpaired) electrons. The largest absolute Gasteiger partial charge is 0.385 e. The average Bonchev–Trinajstić information content (AvgIpc) is 2.76. The van der Waals surface area contributed by atoms with Gasteiger partial charge in [0, 0.05) is 30.9 Å². The number of halogens is 1. The summed E-state index contributed by atoms with van der Waals surface area (Å²) < 4.78 is 39.5. The molecule has 0 bridgehead atoms. The highest BCUT2D eigenvalue weighted by molar-refractivity contribution is 7.89. The fourth-order valence-corrected chi connectivity index (χ4v) is 3.92. The van der Waals surface area contributed by atoms with Gasteiger partial charge in [0.15, 0.2) is 0 Å². The molecule has 0 aliphatic carbocycles. The second-order valence-corrected chi connectivity index (χ2v) is 8.66. The summed E-state index contributed by atoms with van der Waals surface area (Å²) in [6.45, 7) is 0.731. The fourth-order valence-electron chi connectivity index (χ4n) is 2.89. The Labute approximate surface area is 181 Å². The van der Waals surface area contributed by atoms with Gasteiger partial charge in [-0.05, 0) is 60.5 Å². The van der Waals surface area contributed by atoms with Crippen molar-refractivity contribution in [1.82, 2.24) is 4.72 Å². The van der Waals surface area contributed by atoms with Crippen LogP contribution in [0.3, 0.4) is 0 Å². The average molecular weight is 442 g/mol. The number of nitrogens with one attached hydrogen (secondary N) is 3. The molecule has 6 nitrogen and oxygen atoms in total. The Balaban J connectivity index is 1.40. The quantitative estimate of drug-likeness (QED) is 0.447. The zero-order valence-corrected chi connectivity index (χ0v) is 17.7. The van der Waals surface area contributed by atoms with Crippen LogP contribution in [-0.2, 0) is 21.2 Å². The first-order chi connectivity index (χ1) is 14.9. The highest BCUT2D eigenvalue weighted by atomic mass is 32.2. The molecule has 31 heavy (non-hydrogen) atoms. The maximum absolute atomic E-state index is 12.9. The van der Waals surface area contributed by atoms with Crippen molar-refractivity contribution in [3.05, 3.63) is 90.2 Å². The van der Waals surface area contributed by atoms with Gasteiger partial charge in [-0.2, -0.15) is 0 Å². The van der Waals surface area contributed by atoms with E-state index in [0.717, 1.165) is 30.8 Å². The van der Waals surface area contributed by atoms with Crippen LogP contribution in [-0.4, -0.2) is 27.4 Å². The number of carbonyl (C=O) groups is 1. The molecule has 1 amide bonds. The molecule has 0 heterocycles. The molecule has 0 saturated heterocycles. The first kappa shape index (κ1) is 22.5. The summed E-state index contributed by atoms with van der Waals surface area (Å²) in [5.41, 5.74) is 2.83. The van der Waals surface area contributed by atoms with E-state index in [0.29, 0.717) is 5.69 Å². The summed E-state index contributed by atoms with van der Waals surface area (Å²) in [6, 6.07) is 22.0. The minimum Gasteiger partial charge on any atom is -0.385 e. The lowest BCUT2D eigenvalue weighted by molar-refractivity contribution is -0.116. The lowest BCUT2D eigenvalue weighted by Crippen LogP contribution is -2.27. The normalized spacial score (nSPS) is 11.1. The van der Waals surface area contributed by atoms with E-state index in [-0.39, 0.29) is 23.8 Å². The van der Waals surface area contributed by atoms with Crippen molar-refractivity contribution in [2.45, 2.75) is 17.7 Å². The van der Waals surface area contributed by atoms with E-state index in [9.17, 15) is 17.6 Å². The number of amides is 1. The van der Waals surface area contributed by atoms with Crippen LogP contribution in [0.2, 0.25) is 0 Å². The summed E-state index contributed by atoms with van der Waals surface area (Å²) >= 11 is 0. The number of hydrogen-bond acceptors (Lipinski definition) is 4. The fraction of sp³-hybridized carbons (Fsp3) is 0.174. The Kier molecular flexibility index (Phi) is 7.75. The second-order valence-electron chi connectivity index (χ2n) is 6.89. The van der Waals surface area contributed by atoms with Crippen LogP contribution in [0, 0.1) is 5.82 Å². The number of rotatable bonds is 10. The van der Waals surface area contributed by atoms with Gasteiger partial charge >= 0.3 is 0 Å². The SMILES string of the molecule is O=C(CCNS(=O)(=O)c1ccc(F)cc1)Nc1ccc(NCCc2ccccc2)cc1. The van der Waals surface area contributed by atoms with Gasteiger partial charge < -0.3 is 10.6 Å². The van der Waals surface area contributed by atoms with E-state index in [1.54, 1.807) is 12.1 Å². The molecular formula is C23H24FN3O3S. The van der Waals surface area contributed by atoms with Crippen molar-refractivity contribution in [3.63, 3.8) is 0 Å². The summed E-state index contributed by atoms with van der Waals surface area (Å²) in [5, 5.41) is 6.06. The third-order valence-electron chi connectivity index (χ3n) is 4.52. The van der Waals surface area contributed by atoms with Crippen LogP contribution in [0.25, 0.3) is 0 Å². The molecule has 162 valence electrons. The molecule has 0 aliphatic rings. The Morgan fingerprint density at radius 1 is 0.806 bits per heavy atom. The van der Waals surface area contributed by atoms with Gasteiger partial charge in [-0.3, -0.25) is 4.79 Å². The standard InChI is InChI=1S/C23H24FN3O3S/c24-19-6-12-22(13-7-19)31(29,30)26-17-15-23(28)27-21-10-8-20(9-11-21)25-16-14-18-4-2-1-3-5-18/h1-13,25-26H,14-17H2,(H,27,28). The van der Waals surface area contributed by atoms with Crippen molar-refractivity contribution >= 4 is 27.3 Å². The van der Waals surface area contributed by atoms with Crippen LogP contribution in [0.5, 0.6) is 0 Å². The van der Waals surface area contributed by atoms with E-state index in [1.807, 2.05) is 30.3 Å². The summed E-state index contributed by atoms with van der Waals surface area (Å²) in [6.07, 6.45) is 0.880. The van der Waals surface area contributed by atoms with E-state index < -0.39 is 15.8 Å². The Hall–Kier alpha value is -3.23. The predicted octanol–water partition coefficient (Wildman–Crippen LogP) is 3.79. The molecule has 3 N–H and O–H groups in total. The zero-order valence-electron chi connectivity index (χ0n) is 16.8. The monoisotopic (exact) mass is 441 g/mol. The van der Waals surface area contributed by atoms with Crippen LogP contribution in [0.4, 0.5) is 15.8 Å². The first-order valence-electron chi connectivity index (χ1n) is 9.85. The minimum atomic E-state index is -3.79. The summed E-state index contributed by atoms with van der Waals surface area (Å²) in [5.74, 6) is -0.831. The van der Waals surface area contributed by atoms with Gasteiger partial charge in [-0.1, -0.05) is 30.3 Å². The summed E-state index contributed by atoms with van der Waals surface area (Å²) in [4.78, 5) is 12.0. The lowest BCUT2D eigenvalue weighted by Gasteiger charge is -2.10. The molecule has 0 fully saturated rings. The highest BCUT2D eigenvalue weighted by Gasteiger charge is 2.14. The van der Waals surface area contributed by atoms with Crippen LogP contribution in [0.1, 0.15) is 12.0 Å². The maximum Gasteiger partial charge on any atom is 0.240 e. The third kappa shape index (κ3) is 7.20. The number of carbonyl (C=O) groups excluding carboxylic acids is 1. The number of anilines is 2. The molecule has 0 aromatic heterocycles. The van der Waals surface area contributed by atoms with E-state index in [2.05, 4.69) is 27.5 Å². The van der Waals surface area contributed by atoms with Gasteiger partial charge in [0.25, 0.3) is 0 Å². The molecule has 3 aromatic rings. The van der Waals surface area contributed by atoms with E-state index in [1.165, 1.54) is 17.7 Å². The van der Waals surface area contributed by atoms with Gasteiger partial charge in [0.2, 0.25) is 15.9 Å². The lowest BCUT2D eigenvalue weighted by atomic mass is 10.1. The van der Waals surface area contributed by atoms with Crippen molar-refractivity contribution in [3.8, 4) is 0 Å². The first-order valence-corrected chi connectivity index (χ1v) is 11.3. The third-order valence-corrected chi connectivity index (χ3v) is 6.00. The topological polar surface area (TPSA) is 87.3 Å². The van der Waals surface area contributed by atoms with Crippen molar-refractivity contribution in [2.75, 3.05) is 23.7 Å². The van der Waals surface area contributed by atoms with Gasteiger partial charge in [0.05, 0.1) is 4.90 Å². The van der Waals surface area contributed by atoms with E-state index >= 15 is 0 Å². The molecule has 3 aromatic carbocycles. The van der Waals surface area contributed by atoms with Crippen LogP contribution < -0.4 is 15.4 Å². The smallest absolute Gasteiger partial charge is 0.240 e. The van der Waals surface area contributed by atoms with Crippen LogP contribution >= 0.6 is 0 Å². The zero-order chi connectivity index (χ0) is 22.1. The minimum absolute atomic E-state index is 0.0303. The second kappa shape index (κ2) is 10.7. The van der Waals surface area contributed by atoms with Crippen molar-refractivity contribution in [1.29, 1.82) is 0 Å². The van der Waals surface area contributed by atoms with Gasteiger partial charge in [0.1, 0.15) is 5.82 Å². The maximum atomic E-state index is 12.9. The number of benzene rings is 3. The molecule has 0 aliphatic heterocycles. The molecule has 0 unspecified atom stereocenters. The molecule has 0 saturated carbocycles. The molecular weight excluding hydrogens is 417 g/mol. The Morgan fingerprint density at radius 2 is 1.45 bits per heavy atom. The molecule has 3 rings (SSSR count). The highest BCUT2D eigenvalue weighted by Crippen LogP contribution is 2.14. The Bertz CT molecular complexity index is 1090. The summed E-state index contributed by atoms with van der Waals surface area (Å²) in [7, 11) is -3.79. The van der Waals surface area contributed by atoms with Crippen molar-refractivity contribution < 1.29 is 17.6 Å². The van der Waals surface area contributed by atoms with E-state index in [4.69, 9.17) is 0 Å². The van der Waals surface area contributed by atoms with Gasteiger partial charge in [-0.15, -0.1) is 0 Å². The molecule has 8 heteroatoms. The Morgan fingerprint density at radius 3 is 2.13 bits per heavy atom. The molecule has 0 spiro atoms. The predicted molar refractivity (Wildman–Crippen MR) is 120 cm³/mol. The molecule has 0 atom stereocenters. The van der Waals surface area contributed by atoms with Gasteiger partial charge in [-0.25, -0.2) is 17.5 Å². The van der Waals surface area contributed by atoms with Crippen molar-refractivity contribution in [2.24, 2.45) is 0 Å².